The summed E-state index contributed by atoms with van der Waals surface area (Å²) in [4.78, 5) is 17.7. The fraction of sp³-hybridized carbons (Fsp3) is 0.0588. The predicted molar refractivity (Wildman–Crippen MR) is 108 cm³/mol. The van der Waals surface area contributed by atoms with Gasteiger partial charge in [-0.3, -0.25) is 4.72 Å². The fourth-order valence-corrected chi connectivity index (χ4v) is 4.19. The zero-order valence-corrected chi connectivity index (χ0v) is 17.1. The summed E-state index contributed by atoms with van der Waals surface area (Å²) in [5.74, 6) is -2.71. The van der Waals surface area contributed by atoms with Gasteiger partial charge >= 0.3 is 0 Å². The molecule has 160 valence electrons. The Kier molecular flexibility index (Phi) is 5.07. The van der Waals surface area contributed by atoms with Gasteiger partial charge in [0.15, 0.2) is 27.7 Å². The van der Waals surface area contributed by atoms with Crippen LogP contribution in [-0.2, 0) is 10.0 Å². The van der Waals surface area contributed by atoms with E-state index >= 15 is 4.39 Å². The van der Waals surface area contributed by atoms with Gasteiger partial charge in [-0.15, -0.1) is 0 Å². The number of imidazole rings is 1. The van der Waals surface area contributed by atoms with Crippen LogP contribution in [0.15, 0.2) is 35.6 Å². The number of aromatic nitrogens is 5. The van der Waals surface area contributed by atoms with Gasteiger partial charge in [0.1, 0.15) is 18.0 Å². The van der Waals surface area contributed by atoms with Crippen molar-refractivity contribution in [1.82, 2.24) is 24.9 Å². The number of pyridine rings is 1. The van der Waals surface area contributed by atoms with Gasteiger partial charge in [-0.2, -0.15) is 0 Å². The second-order valence-electron chi connectivity index (χ2n) is 6.09. The molecule has 31 heavy (non-hydrogen) atoms. The highest BCUT2D eigenvalue weighted by molar-refractivity contribution is 7.92. The lowest BCUT2D eigenvalue weighted by molar-refractivity contribution is 0.385. The largest absolute Gasteiger partial charge is 0.480 e. The van der Waals surface area contributed by atoms with E-state index in [2.05, 4.69) is 24.9 Å². The molecule has 3 aromatic heterocycles. The van der Waals surface area contributed by atoms with Crippen LogP contribution in [0.4, 0.5) is 20.3 Å². The number of anilines is 2. The summed E-state index contributed by atoms with van der Waals surface area (Å²) in [6, 6.07) is 2.89. The number of nitrogen functional groups attached to an aromatic ring is 1. The molecular weight excluding hydrogens is 456 g/mol. The normalized spacial score (nSPS) is 11.6. The second-order valence-corrected chi connectivity index (χ2v) is 8.18. The fourth-order valence-electron chi connectivity index (χ4n) is 2.77. The number of hydrogen-bond donors (Lipinski definition) is 3. The van der Waals surface area contributed by atoms with Gasteiger partial charge in [0, 0.05) is 6.20 Å². The molecule has 0 saturated carbocycles. The van der Waals surface area contributed by atoms with Crippen molar-refractivity contribution < 1.29 is 21.9 Å². The molecule has 4 rings (SSSR count). The SMILES string of the molecule is COc1ncc(Cl)cc1S(=O)(=O)Nc1ccc(F)c(-c2nc3c(N)ncnc3[nH]2)c1F. The highest BCUT2D eigenvalue weighted by Crippen LogP contribution is 2.33. The molecular formula is C17H12ClF2N7O3S. The molecule has 10 nitrogen and oxygen atoms in total. The molecule has 0 amide bonds. The molecule has 4 N–H and O–H groups in total. The molecule has 0 aliphatic carbocycles. The number of nitrogens with one attached hydrogen (secondary N) is 2. The molecule has 0 spiro atoms. The minimum atomic E-state index is -4.40. The van der Waals surface area contributed by atoms with E-state index in [0.29, 0.717) is 0 Å². The molecule has 0 fully saturated rings. The quantitative estimate of drug-likeness (QED) is 0.405. The Morgan fingerprint density at radius 3 is 2.71 bits per heavy atom. The van der Waals surface area contributed by atoms with Crippen molar-refractivity contribution in [2.45, 2.75) is 4.90 Å². The number of fused-ring (bicyclic) bond motifs is 1. The molecule has 0 radical (unpaired) electrons. The minimum absolute atomic E-state index is 0.00530. The Balaban J connectivity index is 1.81. The number of nitrogens with zero attached hydrogens (tertiary/aromatic N) is 4. The van der Waals surface area contributed by atoms with Crippen LogP contribution in [0.25, 0.3) is 22.6 Å². The molecule has 14 heteroatoms. The van der Waals surface area contributed by atoms with Crippen molar-refractivity contribution in [1.29, 1.82) is 0 Å². The molecule has 0 unspecified atom stereocenters. The van der Waals surface area contributed by atoms with E-state index in [0.717, 1.165) is 24.5 Å². The Bertz CT molecular complexity index is 1430. The van der Waals surface area contributed by atoms with E-state index in [1.807, 2.05) is 4.72 Å². The monoisotopic (exact) mass is 467 g/mol. The van der Waals surface area contributed by atoms with Gasteiger partial charge in [0.05, 0.1) is 23.4 Å². The van der Waals surface area contributed by atoms with E-state index in [1.165, 1.54) is 13.3 Å². The average molecular weight is 468 g/mol. The molecule has 4 aromatic rings. The van der Waals surface area contributed by atoms with Crippen molar-refractivity contribution >= 4 is 44.3 Å². The number of halogens is 3. The van der Waals surface area contributed by atoms with E-state index in [9.17, 15) is 12.8 Å². The van der Waals surface area contributed by atoms with Gasteiger partial charge in [-0.05, 0) is 18.2 Å². The third-order valence-corrected chi connectivity index (χ3v) is 5.72. The van der Waals surface area contributed by atoms with E-state index in [-0.39, 0.29) is 33.7 Å². The number of methoxy groups -OCH3 is 1. The lowest BCUT2D eigenvalue weighted by Crippen LogP contribution is -2.16. The number of benzene rings is 1. The minimum Gasteiger partial charge on any atom is -0.480 e. The van der Waals surface area contributed by atoms with Crippen LogP contribution >= 0.6 is 11.6 Å². The van der Waals surface area contributed by atoms with Gasteiger partial charge in [-0.1, -0.05) is 11.6 Å². The Labute approximate surface area is 178 Å². The van der Waals surface area contributed by atoms with Crippen LogP contribution in [0.1, 0.15) is 0 Å². The topological polar surface area (TPSA) is 149 Å². The molecule has 0 saturated heterocycles. The zero-order valence-electron chi connectivity index (χ0n) is 15.5. The van der Waals surface area contributed by atoms with Crippen molar-refractivity contribution in [2.24, 2.45) is 0 Å². The number of hydrogen-bond acceptors (Lipinski definition) is 8. The summed E-state index contributed by atoms with van der Waals surface area (Å²) < 4.78 is 62.2. The number of ether oxygens (including phenoxy) is 1. The van der Waals surface area contributed by atoms with Gasteiger partial charge in [0.2, 0.25) is 5.88 Å². The first-order valence-electron chi connectivity index (χ1n) is 8.38. The summed E-state index contributed by atoms with van der Waals surface area (Å²) in [6.07, 6.45) is 2.34. The van der Waals surface area contributed by atoms with Gasteiger partial charge in [0.25, 0.3) is 10.0 Å². The maximum Gasteiger partial charge on any atom is 0.267 e. The van der Waals surface area contributed by atoms with E-state index < -0.39 is 37.8 Å². The summed E-state index contributed by atoms with van der Waals surface area (Å²) in [6.45, 7) is 0. The van der Waals surface area contributed by atoms with Crippen LogP contribution in [0.5, 0.6) is 5.88 Å². The third kappa shape index (κ3) is 3.68. The summed E-state index contributed by atoms with van der Waals surface area (Å²) in [5, 5.41) is 0.0161. The smallest absolute Gasteiger partial charge is 0.267 e. The standard InChI is InChI=1S/C17H12ClF2N7O3S/c1-30-17-10(4-7(18)5-22-17)31(28,29)27-9-3-2-8(19)11(12(9)20)15-25-13-14(21)23-6-24-16(13)26-15/h2-6,27H,1H3,(H3,21,23,24,25,26). The predicted octanol–water partition coefficient (Wildman–Crippen LogP) is 2.74. The average Bonchev–Trinajstić information content (AvgIpc) is 3.15. The molecule has 0 aliphatic rings. The number of aromatic amines is 1. The first-order chi connectivity index (χ1) is 14.7. The second kappa shape index (κ2) is 7.59. The van der Waals surface area contributed by atoms with Crippen LogP contribution in [0, 0.1) is 11.6 Å². The van der Waals surface area contributed by atoms with Crippen LogP contribution in [0.2, 0.25) is 5.02 Å². The first-order valence-corrected chi connectivity index (χ1v) is 10.2. The Hall–Kier alpha value is -3.58. The lowest BCUT2D eigenvalue weighted by atomic mass is 10.1. The summed E-state index contributed by atoms with van der Waals surface area (Å²) in [5.41, 5.74) is 4.80. The molecule has 0 aliphatic heterocycles. The maximum atomic E-state index is 15.2. The van der Waals surface area contributed by atoms with Crippen molar-refractivity contribution in [3.05, 3.63) is 47.4 Å². The Morgan fingerprint density at radius 1 is 1.23 bits per heavy atom. The van der Waals surface area contributed by atoms with Crippen LogP contribution in [-0.4, -0.2) is 40.4 Å². The van der Waals surface area contributed by atoms with E-state index in [4.69, 9.17) is 22.1 Å². The highest BCUT2D eigenvalue weighted by atomic mass is 35.5. The van der Waals surface area contributed by atoms with Crippen molar-refractivity contribution in [3.8, 4) is 17.3 Å². The third-order valence-electron chi connectivity index (χ3n) is 4.15. The summed E-state index contributed by atoms with van der Waals surface area (Å²) in [7, 11) is -3.19. The van der Waals surface area contributed by atoms with Gasteiger partial charge < -0.3 is 15.5 Å². The van der Waals surface area contributed by atoms with Crippen molar-refractivity contribution in [2.75, 3.05) is 17.6 Å². The maximum absolute atomic E-state index is 15.2. The first kappa shape index (κ1) is 20.7. The van der Waals surface area contributed by atoms with Crippen LogP contribution in [0.3, 0.4) is 0 Å². The number of H-pyrrole nitrogens is 1. The molecule has 3 heterocycles. The zero-order chi connectivity index (χ0) is 22.3. The molecule has 1 aromatic carbocycles. The van der Waals surface area contributed by atoms with Crippen molar-refractivity contribution in [3.63, 3.8) is 0 Å². The van der Waals surface area contributed by atoms with E-state index in [1.54, 1.807) is 0 Å². The number of sulfonamides is 1. The number of nitrogens with two attached hydrogens (primary N) is 1. The molecule has 0 bridgehead atoms. The lowest BCUT2D eigenvalue weighted by Gasteiger charge is -2.13. The summed E-state index contributed by atoms with van der Waals surface area (Å²) >= 11 is 5.82. The molecule has 0 atom stereocenters. The Morgan fingerprint density at radius 2 is 2.00 bits per heavy atom. The highest BCUT2D eigenvalue weighted by Gasteiger charge is 2.26. The van der Waals surface area contributed by atoms with Crippen LogP contribution < -0.4 is 15.2 Å². The number of rotatable bonds is 5. The van der Waals surface area contributed by atoms with Gasteiger partial charge in [-0.25, -0.2) is 37.1 Å².